The Balaban J connectivity index is 2.12. The molecular formula is C27H48NO9P. The maximum absolute atomic E-state index is 12.1. The van der Waals surface area contributed by atoms with Crippen molar-refractivity contribution in [2.75, 3.05) is 19.8 Å². The number of esters is 1. The molecule has 1 rings (SSSR count). The van der Waals surface area contributed by atoms with Gasteiger partial charge in [-0.15, -0.1) is 0 Å². The number of aliphatic carboxylic acids is 1. The molecule has 2 unspecified atom stereocenters. The topological polar surface area (TPSA) is 155 Å². The van der Waals surface area contributed by atoms with Crippen molar-refractivity contribution in [1.29, 1.82) is 0 Å². The largest absolute Gasteiger partial charge is 0.480 e. The molecule has 0 radical (unpaired) electrons. The van der Waals surface area contributed by atoms with E-state index in [-0.39, 0.29) is 19.2 Å². The first-order chi connectivity index (χ1) is 18.2. The fourth-order valence-electron chi connectivity index (χ4n) is 3.85. The van der Waals surface area contributed by atoms with E-state index in [0.29, 0.717) is 6.42 Å². The third-order valence-corrected chi connectivity index (χ3v) is 7.12. The average molecular weight is 562 g/mol. The molecule has 0 aliphatic carbocycles. The van der Waals surface area contributed by atoms with E-state index in [2.05, 4.69) is 23.6 Å². The molecule has 0 aromatic rings. The second-order valence-electron chi connectivity index (χ2n) is 9.60. The summed E-state index contributed by atoms with van der Waals surface area (Å²) in [6.45, 7) is 1.63. The Morgan fingerprint density at radius 3 is 2.29 bits per heavy atom. The van der Waals surface area contributed by atoms with Crippen LogP contribution in [0, 0.1) is 0 Å². The molecule has 1 aliphatic rings. The van der Waals surface area contributed by atoms with E-state index in [9.17, 15) is 19.0 Å². The minimum Gasteiger partial charge on any atom is -0.480 e. The lowest BCUT2D eigenvalue weighted by atomic mass is 10.1. The van der Waals surface area contributed by atoms with Crippen LogP contribution in [0.4, 0.5) is 0 Å². The molecule has 1 aliphatic heterocycles. The molecule has 38 heavy (non-hydrogen) atoms. The summed E-state index contributed by atoms with van der Waals surface area (Å²) < 4.78 is 32.6. The van der Waals surface area contributed by atoms with Crippen LogP contribution in [0.1, 0.15) is 96.8 Å². The normalized spacial score (nSPS) is 19.9. The first-order valence-electron chi connectivity index (χ1n) is 14.0. The van der Waals surface area contributed by atoms with Crippen molar-refractivity contribution < 1.29 is 42.7 Å². The van der Waals surface area contributed by atoms with Gasteiger partial charge in [-0.1, -0.05) is 82.6 Å². The Morgan fingerprint density at radius 2 is 1.66 bits per heavy atom. The average Bonchev–Trinajstić information content (AvgIpc) is 2.88. The summed E-state index contributed by atoms with van der Waals surface area (Å²) in [4.78, 5) is 32.7. The summed E-state index contributed by atoms with van der Waals surface area (Å²) in [5.41, 5.74) is 5.27. The Morgan fingerprint density at radius 1 is 1.05 bits per heavy atom. The van der Waals surface area contributed by atoms with E-state index < -0.39 is 38.6 Å². The van der Waals surface area contributed by atoms with E-state index in [1.54, 1.807) is 6.08 Å². The number of hydrogen-bond donors (Lipinski definition) is 3. The molecule has 0 saturated carbocycles. The lowest BCUT2D eigenvalue weighted by molar-refractivity contribution is -0.150. The van der Waals surface area contributed by atoms with Gasteiger partial charge in [0, 0.05) is 6.42 Å². The van der Waals surface area contributed by atoms with Crippen LogP contribution < -0.4 is 5.73 Å². The lowest BCUT2D eigenvalue weighted by Crippen LogP contribution is -2.38. The molecule has 0 amide bonds. The second kappa shape index (κ2) is 21.3. The number of unbranched alkanes of at least 4 members (excludes halogenated alkanes) is 11. The summed E-state index contributed by atoms with van der Waals surface area (Å²) in [6, 6.07) is -1.47. The number of allylic oxidation sites excluding steroid dienone is 2. The highest BCUT2D eigenvalue weighted by Gasteiger charge is 2.34. The molecule has 0 aromatic carbocycles. The van der Waals surface area contributed by atoms with Crippen LogP contribution in [0.3, 0.4) is 0 Å². The summed E-state index contributed by atoms with van der Waals surface area (Å²) in [5.74, 6) is -1.74. The van der Waals surface area contributed by atoms with Crippen molar-refractivity contribution in [1.82, 2.24) is 0 Å². The van der Waals surface area contributed by atoms with Gasteiger partial charge in [-0.25, -0.2) is 4.57 Å². The van der Waals surface area contributed by atoms with E-state index in [1.165, 1.54) is 51.0 Å². The molecule has 4 atom stereocenters. The van der Waals surface area contributed by atoms with E-state index in [1.807, 2.05) is 0 Å². The number of ether oxygens (including phenoxy) is 2. The maximum atomic E-state index is 12.1. The Labute approximate surface area is 227 Å². The third kappa shape index (κ3) is 17.9. The van der Waals surface area contributed by atoms with Crippen LogP contribution in [0.5, 0.6) is 0 Å². The molecule has 1 heterocycles. The van der Waals surface area contributed by atoms with Gasteiger partial charge in [0.25, 0.3) is 0 Å². The maximum Gasteiger partial charge on any atom is 0.472 e. The van der Waals surface area contributed by atoms with Crippen LogP contribution in [0.15, 0.2) is 24.3 Å². The van der Waals surface area contributed by atoms with Gasteiger partial charge < -0.3 is 25.2 Å². The number of carbonyl (C=O) groups excluding carboxylic acids is 1. The van der Waals surface area contributed by atoms with Crippen molar-refractivity contribution in [3.05, 3.63) is 24.3 Å². The highest BCUT2D eigenvalue weighted by Crippen LogP contribution is 2.45. The monoisotopic (exact) mass is 561 g/mol. The zero-order valence-electron chi connectivity index (χ0n) is 22.8. The van der Waals surface area contributed by atoms with Crippen LogP contribution >= 0.6 is 7.82 Å². The molecule has 4 N–H and O–H groups in total. The molecule has 0 saturated heterocycles. The SMILES string of the molecule is CCCCCCCCC=CCCCCCCCC(=O)OC[C@H]1OCC=CC1OP(=O)(O)OC[C@H](N)C(=O)O. The van der Waals surface area contributed by atoms with Crippen molar-refractivity contribution in [2.45, 2.75) is 115 Å². The Kier molecular flexibility index (Phi) is 19.3. The third-order valence-electron chi connectivity index (χ3n) is 6.14. The number of phosphoric ester groups is 1. The van der Waals surface area contributed by atoms with Gasteiger partial charge in [-0.2, -0.15) is 0 Å². The molecule has 11 heteroatoms. The molecule has 0 bridgehead atoms. The van der Waals surface area contributed by atoms with E-state index >= 15 is 0 Å². The van der Waals surface area contributed by atoms with Crippen molar-refractivity contribution in [3.8, 4) is 0 Å². The molecule has 0 fully saturated rings. The predicted octanol–water partition coefficient (Wildman–Crippen LogP) is 5.44. The summed E-state index contributed by atoms with van der Waals surface area (Å²) >= 11 is 0. The lowest BCUT2D eigenvalue weighted by Gasteiger charge is -2.28. The fraction of sp³-hybridized carbons (Fsp3) is 0.778. The predicted molar refractivity (Wildman–Crippen MR) is 146 cm³/mol. The first kappa shape index (κ1) is 34.5. The minimum absolute atomic E-state index is 0.145. The fourth-order valence-corrected chi connectivity index (χ4v) is 4.77. The highest BCUT2D eigenvalue weighted by molar-refractivity contribution is 7.47. The number of carboxylic acid groups (broad SMARTS) is 1. The van der Waals surface area contributed by atoms with Crippen LogP contribution in [0.2, 0.25) is 0 Å². The molecule has 0 spiro atoms. The van der Waals surface area contributed by atoms with Crippen LogP contribution in [-0.2, 0) is 32.7 Å². The van der Waals surface area contributed by atoms with Crippen molar-refractivity contribution in [2.24, 2.45) is 5.73 Å². The number of hydrogen-bond acceptors (Lipinski definition) is 8. The van der Waals surface area contributed by atoms with Gasteiger partial charge in [0.05, 0.1) is 13.2 Å². The second-order valence-corrected chi connectivity index (χ2v) is 11.0. The van der Waals surface area contributed by atoms with Crippen LogP contribution in [0.25, 0.3) is 0 Å². The van der Waals surface area contributed by atoms with Gasteiger partial charge in [-0.05, 0) is 32.1 Å². The number of carboxylic acids is 1. The minimum atomic E-state index is -4.60. The number of carbonyl (C=O) groups is 2. The summed E-state index contributed by atoms with van der Waals surface area (Å²) in [7, 11) is -4.60. The summed E-state index contributed by atoms with van der Waals surface area (Å²) in [6.07, 6.45) is 21.5. The van der Waals surface area contributed by atoms with E-state index in [4.69, 9.17) is 24.8 Å². The number of rotatable bonds is 23. The van der Waals surface area contributed by atoms with Gasteiger partial charge in [0.15, 0.2) is 0 Å². The highest BCUT2D eigenvalue weighted by atomic mass is 31.2. The standard InChI is InChI=1S/C27H48NO9P/c1-2-3-4-5-6-7-8-9-10-11-12-13-14-15-16-19-26(29)35-22-25-24(18-17-20-34-25)37-38(32,33)36-21-23(28)27(30)31/h9-10,17-18,23-25H,2-8,11-16,19-22,28H2,1H3,(H,30,31)(H,32,33)/t23-,24?,25+/m0/s1. The first-order valence-corrected chi connectivity index (χ1v) is 15.5. The number of nitrogens with two attached hydrogens (primary N) is 1. The van der Waals surface area contributed by atoms with Crippen LogP contribution in [-0.4, -0.2) is 60.0 Å². The summed E-state index contributed by atoms with van der Waals surface area (Å²) in [5, 5.41) is 8.75. The molecule has 0 aromatic heterocycles. The van der Waals surface area contributed by atoms with Gasteiger partial charge >= 0.3 is 19.8 Å². The van der Waals surface area contributed by atoms with Crippen molar-refractivity contribution >= 4 is 19.8 Å². The quantitative estimate of drug-likeness (QED) is 0.0636. The zero-order chi connectivity index (χ0) is 28.1. The Hall–Kier alpha value is -1.55. The number of phosphoric acid groups is 1. The van der Waals surface area contributed by atoms with Gasteiger partial charge in [0.1, 0.15) is 24.9 Å². The molecule has 10 nitrogen and oxygen atoms in total. The zero-order valence-corrected chi connectivity index (χ0v) is 23.7. The smallest absolute Gasteiger partial charge is 0.472 e. The Bertz CT molecular complexity index is 759. The molecule has 220 valence electrons. The van der Waals surface area contributed by atoms with Crippen molar-refractivity contribution in [3.63, 3.8) is 0 Å². The van der Waals surface area contributed by atoms with E-state index in [0.717, 1.165) is 38.5 Å². The van der Waals surface area contributed by atoms with Gasteiger partial charge in [0.2, 0.25) is 0 Å². The van der Waals surface area contributed by atoms with Gasteiger partial charge in [-0.3, -0.25) is 18.6 Å². The molecular weight excluding hydrogens is 513 g/mol.